The molecule has 126 valence electrons. The maximum absolute atomic E-state index is 13.9. The Morgan fingerprint density at radius 1 is 1.33 bits per heavy atom. The third kappa shape index (κ3) is 3.24. The van der Waals surface area contributed by atoms with Crippen LogP contribution in [-0.2, 0) is 19.5 Å². The summed E-state index contributed by atoms with van der Waals surface area (Å²) < 4.78 is 15.8. The molecule has 0 aliphatic carbocycles. The van der Waals surface area contributed by atoms with Gasteiger partial charge >= 0.3 is 0 Å². The van der Waals surface area contributed by atoms with E-state index in [1.807, 2.05) is 4.57 Å². The van der Waals surface area contributed by atoms with E-state index in [2.05, 4.69) is 15.5 Å². The van der Waals surface area contributed by atoms with Crippen molar-refractivity contribution in [1.29, 1.82) is 0 Å². The Kier molecular flexibility index (Phi) is 4.50. The standard InChI is InChI=1S/C15H16FN5O3/c16-12-8-10(21(23)24)5-6-11(12)15(22)17-9-14-19-18-13-4-2-1-3-7-20(13)14/h5-6,8H,1-4,7,9H2,(H,17,22). The van der Waals surface area contributed by atoms with Gasteiger partial charge in [-0.05, 0) is 18.9 Å². The van der Waals surface area contributed by atoms with Crippen LogP contribution < -0.4 is 5.32 Å². The molecule has 9 heteroatoms. The van der Waals surface area contributed by atoms with Crippen molar-refractivity contribution in [3.63, 3.8) is 0 Å². The molecule has 1 aliphatic rings. The number of hydrogen-bond donors (Lipinski definition) is 1. The fourth-order valence-corrected chi connectivity index (χ4v) is 2.73. The predicted molar refractivity (Wildman–Crippen MR) is 81.8 cm³/mol. The molecule has 1 aliphatic heterocycles. The van der Waals surface area contributed by atoms with E-state index in [0.717, 1.165) is 56.3 Å². The second-order valence-electron chi connectivity index (χ2n) is 5.60. The van der Waals surface area contributed by atoms with Gasteiger partial charge in [-0.1, -0.05) is 6.42 Å². The first-order chi connectivity index (χ1) is 11.6. The van der Waals surface area contributed by atoms with Gasteiger partial charge in [0.25, 0.3) is 11.6 Å². The number of carbonyl (C=O) groups is 1. The molecule has 8 nitrogen and oxygen atoms in total. The lowest BCUT2D eigenvalue weighted by atomic mass is 10.2. The Bertz CT molecular complexity index is 789. The fourth-order valence-electron chi connectivity index (χ4n) is 2.73. The van der Waals surface area contributed by atoms with Crippen LogP contribution in [0.25, 0.3) is 0 Å². The number of rotatable bonds is 4. The maximum atomic E-state index is 13.9. The van der Waals surface area contributed by atoms with Gasteiger partial charge in [0.2, 0.25) is 0 Å². The average molecular weight is 333 g/mol. The molecule has 2 heterocycles. The molecule has 0 saturated carbocycles. The SMILES string of the molecule is O=C(NCc1nnc2n1CCCCC2)c1ccc([N+](=O)[O-])cc1F. The molecule has 0 unspecified atom stereocenters. The van der Waals surface area contributed by atoms with Crippen LogP contribution in [0, 0.1) is 15.9 Å². The molecule has 0 spiro atoms. The second-order valence-corrected chi connectivity index (χ2v) is 5.60. The highest BCUT2D eigenvalue weighted by Crippen LogP contribution is 2.17. The average Bonchev–Trinajstić information content (AvgIpc) is 2.79. The number of nitro benzene ring substituents is 1. The normalized spacial score (nSPS) is 13.9. The molecule has 0 atom stereocenters. The van der Waals surface area contributed by atoms with Crippen molar-refractivity contribution < 1.29 is 14.1 Å². The van der Waals surface area contributed by atoms with E-state index in [1.54, 1.807) is 0 Å². The number of amides is 1. The van der Waals surface area contributed by atoms with Crippen molar-refractivity contribution in [2.24, 2.45) is 0 Å². The summed E-state index contributed by atoms with van der Waals surface area (Å²) in [6.45, 7) is 0.932. The summed E-state index contributed by atoms with van der Waals surface area (Å²) in [7, 11) is 0. The highest BCUT2D eigenvalue weighted by Gasteiger charge is 2.18. The number of hydrogen-bond acceptors (Lipinski definition) is 5. The first-order valence-corrected chi connectivity index (χ1v) is 7.69. The number of non-ortho nitro benzene ring substituents is 1. The van der Waals surface area contributed by atoms with Gasteiger partial charge in [-0.2, -0.15) is 0 Å². The third-order valence-corrected chi connectivity index (χ3v) is 4.00. The molecule has 1 amide bonds. The predicted octanol–water partition coefficient (Wildman–Crippen LogP) is 1.98. The minimum Gasteiger partial charge on any atom is -0.345 e. The maximum Gasteiger partial charge on any atom is 0.272 e. The van der Waals surface area contributed by atoms with Gasteiger partial charge in [0, 0.05) is 19.0 Å². The molecule has 24 heavy (non-hydrogen) atoms. The molecule has 1 aromatic carbocycles. The van der Waals surface area contributed by atoms with E-state index in [4.69, 9.17) is 0 Å². The number of aryl methyl sites for hydroxylation is 1. The van der Waals surface area contributed by atoms with Crippen LogP contribution in [-0.4, -0.2) is 25.6 Å². The van der Waals surface area contributed by atoms with Crippen molar-refractivity contribution in [3.8, 4) is 0 Å². The van der Waals surface area contributed by atoms with Crippen LogP contribution in [0.4, 0.5) is 10.1 Å². The van der Waals surface area contributed by atoms with E-state index in [0.29, 0.717) is 5.82 Å². The molecule has 0 radical (unpaired) electrons. The highest BCUT2D eigenvalue weighted by molar-refractivity contribution is 5.94. The minimum absolute atomic E-state index is 0.127. The highest BCUT2D eigenvalue weighted by atomic mass is 19.1. The quantitative estimate of drug-likeness (QED) is 0.681. The zero-order chi connectivity index (χ0) is 17.1. The van der Waals surface area contributed by atoms with Crippen LogP contribution >= 0.6 is 0 Å². The van der Waals surface area contributed by atoms with E-state index < -0.39 is 22.3 Å². The van der Waals surface area contributed by atoms with Crippen LogP contribution in [0.3, 0.4) is 0 Å². The molecule has 1 aromatic heterocycles. The smallest absolute Gasteiger partial charge is 0.272 e. The monoisotopic (exact) mass is 333 g/mol. The number of nitrogens with one attached hydrogen (secondary N) is 1. The Morgan fingerprint density at radius 2 is 2.17 bits per heavy atom. The molecular weight excluding hydrogens is 317 g/mol. The summed E-state index contributed by atoms with van der Waals surface area (Å²) in [5, 5.41) is 21.4. The van der Waals surface area contributed by atoms with E-state index >= 15 is 0 Å². The van der Waals surface area contributed by atoms with Gasteiger partial charge in [-0.15, -0.1) is 10.2 Å². The van der Waals surface area contributed by atoms with Gasteiger partial charge in [-0.25, -0.2) is 4.39 Å². The fraction of sp³-hybridized carbons (Fsp3) is 0.400. The Hall–Kier alpha value is -2.84. The minimum atomic E-state index is -0.929. The topological polar surface area (TPSA) is 103 Å². The van der Waals surface area contributed by atoms with Crippen molar-refractivity contribution in [2.75, 3.05) is 0 Å². The summed E-state index contributed by atoms with van der Waals surface area (Å²) in [5.41, 5.74) is -0.636. The van der Waals surface area contributed by atoms with E-state index in [1.165, 1.54) is 0 Å². The van der Waals surface area contributed by atoms with Crippen LogP contribution in [0.5, 0.6) is 0 Å². The lowest BCUT2D eigenvalue weighted by molar-refractivity contribution is -0.385. The Labute approximate surface area is 136 Å². The molecule has 0 fully saturated rings. The van der Waals surface area contributed by atoms with E-state index in [9.17, 15) is 19.3 Å². The summed E-state index contributed by atoms with van der Waals surface area (Å²) in [5.74, 6) is -0.0454. The van der Waals surface area contributed by atoms with Crippen LogP contribution in [0.1, 0.15) is 41.3 Å². The second kappa shape index (κ2) is 6.73. The first kappa shape index (κ1) is 16.0. The lowest BCUT2D eigenvalue weighted by Gasteiger charge is -2.08. The summed E-state index contributed by atoms with van der Waals surface area (Å²) in [6, 6.07) is 2.94. The van der Waals surface area contributed by atoms with E-state index in [-0.39, 0.29) is 12.1 Å². The molecule has 3 rings (SSSR count). The van der Waals surface area contributed by atoms with Crippen molar-refractivity contribution in [2.45, 2.75) is 38.8 Å². The molecule has 1 N–H and O–H groups in total. The largest absolute Gasteiger partial charge is 0.345 e. The number of benzene rings is 1. The van der Waals surface area contributed by atoms with Crippen molar-refractivity contribution in [1.82, 2.24) is 20.1 Å². The number of carbonyl (C=O) groups excluding carboxylic acids is 1. The molecular formula is C15H16FN5O3. The van der Waals surface area contributed by atoms with Crippen LogP contribution in [0.2, 0.25) is 0 Å². The van der Waals surface area contributed by atoms with Gasteiger partial charge in [0.1, 0.15) is 11.6 Å². The zero-order valence-electron chi connectivity index (χ0n) is 12.9. The van der Waals surface area contributed by atoms with Crippen LogP contribution in [0.15, 0.2) is 18.2 Å². The number of nitro groups is 1. The van der Waals surface area contributed by atoms with Gasteiger partial charge in [0.15, 0.2) is 5.82 Å². The van der Waals surface area contributed by atoms with Crippen molar-refractivity contribution >= 4 is 11.6 Å². The van der Waals surface area contributed by atoms with Gasteiger partial charge in [0.05, 0.1) is 23.1 Å². The summed E-state index contributed by atoms with van der Waals surface area (Å²) in [4.78, 5) is 22.0. The number of fused-ring (bicyclic) bond motifs is 1. The Balaban J connectivity index is 1.70. The number of nitrogens with zero attached hydrogens (tertiary/aromatic N) is 4. The third-order valence-electron chi connectivity index (χ3n) is 4.00. The first-order valence-electron chi connectivity index (χ1n) is 7.69. The zero-order valence-corrected chi connectivity index (χ0v) is 12.9. The molecule has 2 aromatic rings. The number of aromatic nitrogens is 3. The Morgan fingerprint density at radius 3 is 2.92 bits per heavy atom. The summed E-state index contributed by atoms with van der Waals surface area (Å²) >= 11 is 0. The lowest BCUT2D eigenvalue weighted by Crippen LogP contribution is -2.26. The molecule has 0 saturated heterocycles. The van der Waals surface area contributed by atoms with Gasteiger partial charge < -0.3 is 9.88 Å². The van der Waals surface area contributed by atoms with Crippen molar-refractivity contribution in [3.05, 3.63) is 51.3 Å². The summed E-state index contributed by atoms with van der Waals surface area (Å²) in [6.07, 6.45) is 4.09. The molecule has 0 bridgehead atoms. The van der Waals surface area contributed by atoms with Gasteiger partial charge in [-0.3, -0.25) is 14.9 Å². The number of halogens is 1.